The molecule has 2 aromatic rings. The summed E-state index contributed by atoms with van der Waals surface area (Å²) in [6.07, 6.45) is 0. The highest BCUT2D eigenvalue weighted by atomic mass is 16.5. The number of anilines is 2. The molecule has 24 heavy (non-hydrogen) atoms. The first-order chi connectivity index (χ1) is 11.6. The number of hydrogen-bond donors (Lipinski definition) is 2. The fourth-order valence-electron chi connectivity index (χ4n) is 2.05. The molecule has 0 spiro atoms. The summed E-state index contributed by atoms with van der Waals surface area (Å²) in [6, 6.07) is 14.8. The summed E-state index contributed by atoms with van der Waals surface area (Å²) in [4.78, 5) is 12.1. The van der Waals surface area contributed by atoms with Crippen molar-refractivity contribution in [2.24, 2.45) is 5.92 Å². The Morgan fingerprint density at radius 1 is 1.08 bits per heavy atom. The predicted octanol–water partition coefficient (Wildman–Crippen LogP) is 3.78. The molecule has 0 bridgehead atoms. The van der Waals surface area contributed by atoms with E-state index in [1.165, 1.54) is 0 Å². The molecule has 0 atom stereocenters. The Morgan fingerprint density at radius 3 is 2.46 bits per heavy atom. The summed E-state index contributed by atoms with van der Waals surface area (Å²) in [5.74, 6) is 1.82. The van der Waals surface area contributed by atoms with Crippen LogP contribution in [0.25, 0.3) is 0 Å². The maximum absolute atomic E-state index is 12.1. The van der Waals surface area contributed by atoms with E-state index in [1.807, 2.05) is 24.3 Å². The molecule has 0 saturated heterocycles. The minimum absolute atomic E-state index is 0.126. The Morgan fingerprint density at radius 2 is 1.79 bits per heavy atom. The summed E-state index contributed by atoms with van der Waals surface area (Å²) in [5.41, 5.74) is 1.54. The zero-order chi connectivity index (χ0) is 17.4. The Bertz CT molecular complexity index is 654. The standard InChI is InChI=1S/C19H24N2O3/c1-14(2)13-24-18-7-5-4-6-17(18)20-12-19(22)21-15-8-10-16(23-3)11-9-15/h4-11,14,20H,12-13H2,1-3H3,(H,21,22). The zero-order valence-electron chi connectivity index (χ0n) is 14.3. The van der Waals surface area contributed by atoms with Crippen molar-refractivity contribution in [3.8, 4) is 11.5 Å². The highest BCUT2D eigenvalue weighted by Crippen LogP contribution is 2.24. The van der Waals surface area contributed by atoms with Gasteiger partial charge < -0.3 is 20.1 Å². The van der Waals surface area contributed by atoms with E-state index in [9.17, 15) is 4.79 Å². The second-order valence-corrected chi connectivity index (χ2v) is 5.83. The fraction of sp³-hybridized carbons (Fsp3) is 0.316. The maximum Gasteiger partial charge on any atom is 0.243 e. The second-order valence-electron chi connectivity index (χ2n) is 5.83. The highest BCUT2D eigenvalue weighted by molar-refractivity contribution is 5.94. The van der Waals surface area contributed by atoms with Gasteiger partial charge in [-0.1, -0.05) is 26.0 Å². The predicted molar refractivity (Wildman–Crippen MR) is 96.9 cm³/mol. The number of amides is 1. The molecular weight excluding hydrogens is 304 g/mol. The third-order valence-electron chi connectivity index (χ3n) is 3.27. The first kappa shape index (κ1) is 17.7. The van der Waals surface area contributed by atoms with Gasteiger partial charge in [0.25, 0.3) is 0 Å². The third kappa shape index (κ3) is 5.50. The van der Waals surface area contributed by atoms with Gasteiger partial charge in [0.05, 0.1) is 25.9 Å². The van der Waals surface area contributed by atoms with Crippen LogP contribution in [0.1, 0.15) is 13.8 Å². The molecule has 0 radical (unpaired) electrons. The van der Waals surface area contributed by atoms with Crippen LogP contribution in [0, 0.1) is 5.92 Å². The van der Waals surface area contributed by atoms with E-state index >= 15 is 0 Å². The number of carbonyl (C=O) groups excluding carboxylic acids is 1. The first-order valence-corrected chi connectivity index (χ1v) is 7.98. The number of rotatable bonds is 8. The average Bonchev–Trinajstić information content (AvgIpc) is 2.59. The molecule has 0 unspecified atom stereocenters. The van der Waals surface area contributed by atoms with E-state index < -0.39 is 0 Å². The fourth-order valence-corrected chi connectivity index (χ4v) is 2.05. The molecule has 0 aliphatic carbocycles. The van der Waals surface area contributed by atoms with Gasteiger partial charge in [0, 0.05) is 5.69 Å². The number of nitrogens with one attached hydrogen (secondary N) is 2. The van der Waals surface area contributed by atoms with Crippen molar-refractivity contribution in [1.29, 1.82) is 0 Å². The molecule has 5 nitrogen and oxygen atoms in total. The molecule has 0 fully saturated rings. The highest BCUT2D eigenvalue weighted by Gasteiger charge is 2.07. The molecule has 2 rings (SSSR count). The van der Waals surface area contributed by atoms with E-state index in [0.29, 0.717) is 12.5 Å². The number of methoxy groups -OCH3 is 1. The number of ether oxygens (including phenoxy) is 2. The lowest BCUT2D eigenvalue weighted by atomic mass is 10.2. The van der Waals surface area contributed by atoms with Gasteiger partial charge in [-0.25, -0.2) is 0 Å². The lowest BCUT2D eigenvalue weighted by molar-refractivity contribution is -0.114. The van der Waals surface area contributed by atoms with E-state index in [2.05, 4.69) is 24.5 Å². The van der Waals surface area contributed by atoms with Crippen LogP contribution in [0.3, 0.4) is 0 Å². The summed E-state index contributed by atoms with van der Waals surface area (Å²) in [7, 11) is 1.61. The molecule has 0 saturated carbocycles. The van der Waals surface area contributed by atoms with Crippen LogP contribution in [-0.2, 0) is 4.79 Å². The Labute approximate surface area is 143 Å². The van der Waals surface area contributed by atoms with Crippen molar-refractivity contribution in [3.05, 3.63) is 48.5 Å². The van der Waals surface area contributed by atoms with Crippen molar-refractivity contribution in [1.82, 2.24) is 0 Å². The minimum atomic E-state index is -0.126. The summed E-state index contributed by atoms with van der Waals surface area (Å²) in [5, 5.41) is 5.95. The van der Waals surface area contributed by atoms with Crippen molar-refractivity contribution in [3.63, 3.8) is 0 Å². The van der Waals surface area contributed by atoms with Crippen LogP contribution in [0.4, 0.5) is 11.4 Å². The monoisotopic (exact) mass is 328 g/mol. The smallest absolute Gasteiger partial charge is 0.243 e. The second kappa shape index (κ2) is 8.82. The molecule has 2 N–H and O–H groups in total. The van der Waals surface area contributed by atoms with E-state index in [4.69, 9.17) is 9.47 Å². The van der Waals surface area contributed by atoms with Gasteiger partial charge in [0.2, 0.25) is 5.91 Å². The summed E-state index contributed by atoms with van der Waals surface area (Å²) in [6.45, 7) is 4.99. The SMILES string of the molecule is COc1ccc(NC(=O)CNc2ccccc2OCC(C)C)cc1. The van der Waals surface area contributed by atoms with E-state index in [1.54, 1.807) is 31.4 Å². The lowest BCUT2D eigenvalue weighted by Gasteiger charge is -2.14. The van der Waals surface area contributed by atoms with Gasteiger partial charge >= 0.3 is 0 Å². The van der Waals surface area contributed by atoms with Crippen molar-refractivity contribution >= 4 is 17.3 Å². The molecule has 0 aliphatic heterocycles. The summed E-state index contributed by atoms with van der Waals surface area (Å²) >= 11 is 0. The maximum atomic E-state index is 12.1. The van der Waals surface area contributed by atoms with Gasteiger partial charge in [0.15, 0.2) is 0 Å². The lowest BCUT2D eigenvalue weighted by Crippen LogP contribution is -2.22. The van der Waals surface area contributed by atoms with Crippen LogP contribution in [0.5, 0.6) is 11.5 Å². The molecule has 2 aromatic carbocycles. The Balaban J connectivity index is 1.89. The van der Waals surface area contributed by atoms with Crippen molar-refractivity contribution in [2.75, 3.05) is 30.9 Å². The van der Waals surface area contributed by atoms with Crippen molar-refractivity contribution < 1.29 is 14.3 Å². The number of para-hydroxylation sites is 2. The van der Waals surface area contributed by atoms with Crippen molar-refractivity contribution in [2.45, 2.75) is 13.8 Å². The van der Waals surface area contributed by atoms with Gasteiger partial charge in [-0.3, -0.25) is 4.79 Å². The molecule has 0 aromatic heterocycles. The summed E-state index contributed by atoms with van der Waals surface area (Å²) < 4.78 is 10.9. The van der Waals surface area contributed by atoms with Crippen LogP contribution in [-0.4, -0.2) is 26.2 Å². The van der Waals surface area contributed by atoms with Crippen LogP contribution < -0.4 is 20.1 Å². The van der Waals surface area contributed by atoms with Crippen LogP contribution >= 0.6 is 0 Å². The molecule has 5 heteroatoms. The van der Waals surface area contributed by atoms with E-state index in [-0.39, 0.29) is 12.5 Å². The van der Waals surface area contributed by atoms with Gasteiger partial charge in [-0.05, 0) is 42.3 Å². The van der Waals surface area contributed by atoms with Gasteiger partial charge in [-0.15, -0.1) is 0 Å². The van der Waals surface area contributed by atoms with Gasteiger partial charge in [-0.2, -0.15) is 0 Å². The average molecular weight is 328 g/mol. The number of hydrogen-bond acceptors (Lipinski definition) is 4. The molecule has 0 aliphatic rings. The quantitative estimate of drug-likeness (QED) is 0.774. The molecular formula is C19H24N2O3. The van der Waals surface area contributed by atoms with Gasteiger partial charge in [0.1, 0.15) is 11.5 Å². The normalized spacial score (nSPS) is 10.3. The van der Waals surface area contributed by atoms with Crippen LogP contribution in [0.15, 0.2) is 48.5 Å². The molecule has 1 amide bonds. The zero-order valence-corrected chi connectivity index (χ0v) is 14.3. The molecule has 0 heterocycles. The van der Waals surface area contributed by atoms with E-state index in [0.717, 1.165) is 22.9 Å². The topological polar surface area (TPSA) is 59.6 Å². The number of benzene rings is 2. The Kier molecular flexibility index (Phi) is 6.49. The first-order valence-electron chi connectivity index (χ1n) is 7.98. The van der Waals surface area contributed by atoms with Crippen LogP contribution in [0.2, 0.25) is 0 Å². The Hall–Kier alpha value is -2.69. The third-order valence-corrected chi connectivity index (χ3v) is 3.27. The largest absolute Gasteiger partial charge is 0.497 e. The number of carbonyl (C=O) groups is 1. The minimum Gasteiger partial charge on any atom is -0.497 e. The molecule has 128 valence electrons.